The lowest BCUT2D eigenvalue weighted by molar-refractivity contribution is 0.0619. The summed E-state index contributed by atoms with van der Waals surface area (Å²) in [5.41, 5.74) is 2.45. The van der Waals surface area contributed by atoms with Crippen LogP contribution in [0.25, 0.3) is 0 Å². The zero-order chi connectivity index (χ0) is 11.7. The van der Waals surface area contributed by atoms with Crippen LogP contribution in [0.4, 0.5) is 0 Å². The first kappa shape index (κ1) is 11.6. The van der Waals surface area contributed by atoms with Crippen LogP contribution in [-0.2, 0) is 13.6 Å². The van der Waals surface area contributed by atoms with Gasteiger partial charge >= 0.3 is 0 Å². The van der Waals surface area contributed by atoms with Crippen molar-refractivity contribution in [2.75, 3.05) is 0 Å². The van der Waals surface area contributed by atoms with Crippen molar-refractivity contribution in [1.82, 2.24) is 15.1 Å². The van der Waals surface area contributed by atoms with Gasteiger partial charge in [-0.3, -0.25) is 4.68 Å². The molecule has 0 spiro atoms. The quantitative estimate of drug-likeness (QED) is 0.805. The van der Waals surface area contributed by atoms with Gasteiger partial charge in [-0.15, -0.1) is 0 Å². The molecule has 16 heavy (non-hydrogen) atoms. The van der Waals surface area contributed by atoms with E-state index in [-0.39, 0.29) is 6.10 Å². The molecule has 4 heteroatoms. The number of hydrogen-bond acceptors (Lipinski definition) is 3. The summed E-state index contributed by atoms with van der Waals surface area (Å²) >= 11 is 0. The number of aliphatic hydroxyl groups excluding tert-OH is 1. The molecule has 1 aliphatic rings. The second-order valence-corrected chi connectivity index (χ2v) is 5.07. The second kappa shape index (κ2) is 4.55. The highest BCUT2D eigenvalue weighted by Crippen LogP contribution is 2.21. The van der Waals surface area contributed by atoms with Crippen LogP contribution in [-0.4, -0.2) is 27.0 Å². The van der Waals surface area contributed by atoms with Gasteiger partial charge in [0.05, 0.1) is 11.8 Å². The third-order valence-electron chi connectivity index (χ3n) is 3.18. The fraction of sp³-hybridized carbons (Fsp3) is 0.750. The fourth-order valence-corrected chi connectivity index (χ4v) is 2.19. The number of nitrogens with zero attached hydrogens (tertiary/aromatic N) is 2. The maximum atomic E-state index is 9.21. The minimum Gasteiger partial charge on any atom is -0.393 e. The second-order valence-electron chi connectivity index (χ2n) is 5.07. The van der Waals surface area contributed by atoms with E-state index < -0.39 is 0 Å². The molecule has 4 nitrogen and oxygen atoms in total. The van der Waals surface area contributed by atoms with Gasteiger partial charge in [0, 0.05) is 31.4 Å². The standard InChI is InChI=1S/C12H21N3O/c1-8(2)12-9(7-15(3)14-12)6-13-10-4-11(16)5-10/h7-8,10-11,13,16H,4-6H2,1-3H3. The van der Waals surface area contributed by atoms with Crippen molar-refractivity contribution in [3.05, 3.63) is 17.5 Å². The van der Waals surface area contributed by atoms with E-state index in [0.717, 1.165) is 19.4 Å². The lowest BCUT2D eigenvalue weighted by Gasteiger charge is -2.32. The Morgan fingerprint density at radius 2 is 2.25 bits per heavy atom. The summed E-state index contributed by atoms with van der Waals surface area (Å²) in [5, 5.41) is 17.1. The number of rotatable bonds is 4. The van der Waals surface area contributed by atoms with E-state index >= 15 is 0 Å². The molecule has 0 amide bonds. The van der Waals surface area contributed by atoms with Gasteiger partial charge < -0.3 is 10.4 Å². The Hall–Kier alpha value is -0.870. The van der Waals surface area contributed by atoms with Crippen LogP contribution in [0, 0.1) is 0 Å². The molecule has 0 saturated heterocycles. The minimum atomic E-state index is -0.0871. The molecule has 1 aromatic rings. The number of nitrogens with one attached hydrogen (secondary N) is 1. The zero-order valence-corrected chi connectivity index (χ0v) is 10.3. The molecular weight excluding hydrogens is 202 g/mol. The first-order chi connectivity index (χ1) is 7.56. The van der Waals surface area contributed by atoms with E-state index in [1.807, 2.05) is 11.7 Å². The topological polar surface area (TPSA) is 50.1 Å². The summed E-state index contributed by atoms with van der Waals surface area (Å²) in [5.74, 6) is 0.463. The van der Waals surface area contributed by atoms with Crippen molar-refractivity contribution in [3.8, 4) is 0 Å². The molecule has 1 aromatic heterocycles. The van der Waals surface area contributed by atoms with Gasteiger partial charge in [-0.1, -0.05) is 13.8 Å². The largest absolute Gasteiger partial charge is 0.393 e. The zero-order valence-electron chi connectivity index (χ0n) is 10.3. The van der Waals surface area contributed by atoms with Crippen molar-refractivity contribution in [1.29, 1.82) is 0 Å². The van der Waals surface area contributed by atoms with Crippen molar-refractivity contribution >= 4 is 0 Å². The van der Waals surface area contributed by atoms with E-state index in [2.05, 4.69) is 30.5 Å². The van der Waals surface area contributed by atoms with Gasteiger partial charge in [0.1, 0.15) is 0 Å². The van der Waals surface area contributed by atoms with E-state index in [9.17, 15) is 5.11 Å². The molecule has 1 fully saturated rings. The van der Waals surface area contributed by atoms with Gasteiger partial charge in [0.2, 0.25) is 0 Å². The van der Waals surface area contributed by atoms with Gasteiger partial charge in [-0.2, -0.15) is 5.10 Å². The monoisotopic (exact) mass is 223 g/mol. The van der Waals surface area contributed by atoms with E-state index in [1.165, 1.54) is 11.3 Å². The molecule has 90 valence electrons. The van der Waals surface area contributed by atoms with Crippen molar-refractivity contribution < 1.29 is 5.11 Å². The average molecular weight is 223 g/mol. The average Bonchev–Trinajstić information content (AvgIpc) is 2.52. The maximum Gasteiger partial charge on any atom is 0.0694 e. The van der Waals surface area contributed by atoms with Crippen LogP contribution in [0.1, 0.15) is 43.9 Å². The summed E-state index contributed by atoms with van der Waals surface area (Å²) in [6.45, 7) is 5.19. The van der Waals surface area contributed by atoms with Gasteiger partial charge in [0.15, 0.2) is 0 Å². The number of aromatic nitrogens is 2. The van der Waals surface area contributed by atoms with Gasteiger partial charge in [0.25, 0.3) is 0 Å². The van der Waals surface area contributed by atoms with E-state index in [4.69, 9.17) is 0 Å². The molecule has 2 rings (SSSR count). The van der Waals surface area contributed by atoms with Crippen molar-refractivity contribution in [2.24, 2.45) is 7.05 Å². The van der Waals surface area contributed by atoms with Crippen LogP contribution in [0.15, 0.2) is 6.20 Å². The molecule has 1 aliphatic carbocycles. The van der Waals surface area contributed by atoms with Gasteiger partial charge in [-0.25, -0.2) is 0 Å². The SMILES string of the molecule is CC(C)c1nn(C)cc1CNC1CC(O)C1. The normalized spacial score (nSPS) is 24.8. The molecule has 0 radical (unpaired) electrons. The van der Waals surface area contributed by atoms with Crippen LogP contribution >= 0.6 is 0 Å². The highest BCUT2D eigenvalue weighted by molar-refractivity contribution is 5.20. The smallest absolute Gasteiger partial charge is 0.0694 e. The maximum absolute atomic E-state index is 9.21. The lowest BCUT2D eigenvalue weighted by atomic mass is 9.89. The Balaban J connectivity index is 1.93. The van der Waals surface area contributed by atoms with Crippen LogP contribution in [0.5, 0.6) is 0 Å². The highest BCUT2D eigenvalue weighted by Gasteiger charge is 2.26. The number of aryl methyl sites for hydroxylation is 1. The Morgan fingerprint density at radius 3 is 2.81 bits per heavy atom. The fourth-order valence-electron chi connectivity index (χ4n) is 2.19. The Morgan fingerprint density at radius 1 is 1.56 bits per heavy atom. The molecule has 0 atom stereocenters. The first-order valence-corrected chi connectivity index (χ1v) is 6.00. The van der Waals surface area contributed by atoms with Crippen molar-refractivity contribution in [3.63, 3.8) is 0 Å². The number of hydrogen-bond donors (Lipinski definition) is 2. The predicted octanol–water partition coefficient (Wildman–Crippen LogP) is 1.16. The summed E-state index contributed by atoms with van der Waals surface area (Å²) in [6, 6.07) is 0.482. The first-order valence-electron chi connectivity index (χ1n) is 6.00. The molecule has 0 unspecified atom stereocenters. The Labute approximate surface area is 96.7 Å². The summed E-state index contributed by atoms with van der Waals surface area (Å²) < 4.78 is 1.88. The van der Waals surface area contributed by atoms with Crippen LogP contribution in [0.3, 0.4) is 0 Å². The molecular formula is C12H21N3O. The van der Waals surface area contributed by atoms with E-state index in [0.29, 0.717) is 12.0 Å². The third kappa shape index (κ3) is 2.44. The highest BCUT2D eigenvalue weighted by atomic mass is 16.3. The molecule has 2 N–H and O–H groups in total. The molecule has 0 aliphatic heterocycles. The molecule has 0 aromatic carbocycles. The summed E-state index contributed by atoms with van der Waals surface area (Å²) in [7, 11) is 1.96. The summed E-state index contributed by atoms with van der Waals surface area (Å²) in [6.07, 6.45) is 3.77. The van der Waals surface area contributed by atoms with Gasteiger partial charge in [-0.05, 0) is 18.8 Å². The van der Waals surface area contributed by atoms with Crippen LogP contribution < -0.4 is 5.32 Å². The Kier molecular flexibility index (Phi) is 3.30. The molecule has 1 saturated carbocycles. The molecule has 0 bridgehead atoms. The molecule has 1 heterocycles. The minimum absolute atomic E-state index is 0.0871. The lowest BCUT2D eigenvalue weighted by Crippen LogP contribution is -2.43. The number of aliphatic hydroxyl groups is 1. The Bertz CT molecular complexity index is 353. The van der Waals surface area contributed by atoms with E-state index in [1.54, 1.807) is 0 Å². The predicted molar refractivity (Wildman–Crippen MR) is 63.2 cm³/mol. The van der Waals surface area contributed by atoms with Crippen molar-refractivity contribution in [2.45, 2.75) is 51.3 Å². The van der Waals surface area contributed by atoms with Crippen LogP contribution in [0.2, 0.25) is 0 Å². The summed E-state index contributed by atoms with van der Waals surface area (Å²) in [4.78, 5) is 0. The third-order valence-corrected chi connectivity index (χ3v) is 3.18.